The van der Waals surface area contributed by atoms with E-state index in [0.29, 0.717) is 19.5 Å². The monoisotopic (exact) mass is 408 g/mol. The van der Waals surface area contributed by atoms with E-state index in [1.54, 1.807) is 0 Å². The summed E-state index contributed by atoms with van der Waals surface area (Å²) >= 11 is 0. The summed E-state index contributed by atoms with van der Waals surface area (Å²) in [6.07, 6.45) is 0.850. The largest absolute Gasteiger partial charge is 0.406 e. The zero-order chi connectivity index (χ0) is 20.2. The minimum absolute atomic E-state index is 0.173. The molecule has 2 fully saturated rings. The second kappa shape index (κ2) is 6.93. The Bertz CT molecular complexity index is 934. The lowest BCUT2D eigenvalue weighted by Crippen LogP contribution is -2.46. The van der Waals surface area contributed by atoms with Crippen LogP contribution in [0.1, 0.15) is 48.7 Å². The van der Waals surface area contributed by atoms with Crippen molar-refractivity contribution in [2.75, 3.05) is 26.2 Å². The summed E-state index contributed by atoms with van der Waals surface area (Å²) in [5, 5.41) is 13.4. The smallest absolute Gasteiger partial charge is 0.332 e. The molecular weight excluding hydrogens is 385 g/mol. The molecule has 0 aromatic carbocycles. The fourth-order valence-electron chi connectivity index (χ4n) is 4.95. The summed E-state index contributed by atoms with van der Waals surface area (Å²) in [6, 6.07) is 1.64. The summed E-state index contributed by atoms with van der Waals surface area (Å²) in [5.74, 6) is 0.646. The fraction of sp³-hybridized carbons (Fsp3) is 0.684. The van der Waals surface area contributed by atoms with E-state index in [9.17, 15) is 18.0 Å². The standard InChI is InChI=1S/C19H23F3N6O/c20-19(21,22)11-27-9-6-15(18(27)29)26-7-4-12(5-8-26)17-24-23-16-10-13-2-1-3-14(13)25-28(16)17/h10,12,15H,1-9,11H2. The quantitative estimate of drug-likeness (QED) is 0.777. The van der Waals surface area contributed by atoms with Crippen LogP contribution in [0.2, 0.25) is 0 Å². The van der Waals surface area contributed by atoms with Crippen LogP contribution < -0.4 is 0 Å². The van der Waals surface area contributed by atoms with Crippen molar-refractivity contribution in [1.29, 1.82) is 0 Å². The number of likely N-dealkylation sites (tertiary alicyclic amines) is 2. The van der Waals surface area contributed by atoms with Gasteiger partial charge in [-0.2, -0.15) is 22.8 Å². The molecule has 156 valence electrons. The molecular formula is C19H23F3N6O. The first-order valence-electron chi connectivity index (χ1n) is 10.2. The van der Waals surface area contributed by atoms with Crippen molar-refractivity contribution in [3.63, 3.8) is 0 Å². The van der Waals surface area contributed by atoms with E-state index in [-0.39, 0.29) is 12.5 Å². The lowest BCUT2D eigenvalue weighted by molar-refractivity contribution is -0.159. The molecule has 3 aliphatic rings. The number of aryl methyl sites for hydroxylation is 2. The third kappa shape index (κ3) is 3.47. The van der Waals surface area contributed by atoms with Crippen LogP contribution in [0.5, 0.6) is 0 Å². The van der Waals surface area contributed by atoms with Gasteiger partial charge in [0.2, 0.25) is 5.91 Å². The van der Waals surface area contributed by atoms with Crippen molar-refractivity contribution in [2.24, 2.45) is 0 Å². The topological polar surface area (TPSA) is 66.6 Å². The summed E-state index contributed by atoms with van der Waals surface area (Å²) in [6.45, 7) is 0.356. The molecule has 0 N–H and O–H groups in total. The molecule has 0 radical (unpaired) electrons. The number of aromatic nitrogens is 4. The van der Waals surface area contributed by atoms with Gasteiger partial charge in [-0.05, 0) is 63.2 Å². The maximum absolute atomic E-state index is 12.6. The summed E-state index contributed by atoms with van der Waals surface area (Å²) in [4.78, 5) is 15.4. The Labute approximate surface area is 165 Å². The van der Waals surface area contributed by atoms with Crippen LogP contribution in [0.15, 0.2) is 6.07 Å². The van der Waals surface area contributed by atoms with E-state index >= 15 is 0 Å². The van der Waals surface area contributed by atoms with E-state index < -0.39 is 24.7 Å². The maximum atomic E-state index is 12.6. The van der Waals surface area contributed by atoms with Gasteiger partial charge in [0.1, 0.15) is 6.54 Å². The Hall–Kier alpha value is -2.23. The molecule has 0 bridgehead atoms. The fourth-order valence-corrected chi connectivity index (χ4v) is 4.95. The highest BCUT2D eigenvalue weighted by Gasteiger charge is 2.42. The number of hydrogen-bond acceptors (Lipinski definition) is 5. The number of carbonyl (C=O) groups is 1. The minimum Gasteiger partial charge on any atom is -0.332 e. The second-order valence-electron chi connectivity index (χ2n) is 8.29. The van der Waals surface area contributed by atoms with Crippen LogP contribution in [0.25, 0.3) is 5.65 Å². The Kier molecular flexibility index (Phi) is 4.49. The van der Waals surface area contributed by atoms with E-state index in [2.05, 4.69) is 16.3 Å². The third-order valence-corrected chi connectivity index (χ3v) is 6.42. The lowest BCUT2D eigenvalue weighted by Gasteiger charge is -2.34. The zero-order valence-corrected chi connectivity index (χ0v) is 16.0. The average Bonchev–Trinajstić information content (AvgIpc) is 3.38. The predicted octanol–water partition coefficient (Wildman–Crippen LogP) is 1.96. The second-order valence-corrected chi connectivity index (χ2v) is 8.29. The third-order valence-electron chi connectivity index (χ3n) is 6.42. The summed E-state index contributed by atoms with van der Waals surface area (Å²) in [5.41, 5.74) is 3.16. The van der Waals surface area contributed by atoms with Gasteiger partial charge in [-0.15, -0.1) is 10.2 Å². The van der Waals surface area contributed by atoms with E-state index in [1.165, 1.54) is 5.56 Å². The van der Waals surface area contributed by atoms with Crippen LogP contribution >= 0.6 is 0 Å². The normalized spacial score (nSPS) is 24.0. The number of amides is 1. The molecule has 1 amide bonds. The number of fused-ring (bicyclic) bond motifs is 2. The van der Waals surface area contributed by atoms with Gasteiger partial charge >= 0.3 is 6.18 Å². The Balaban J connectivity index is 1.26. The first kappa shape index (κ1) is 18.8. The summed E-state index contributed by atoms with van der Waals surface area (Å²) in [7, 11) is 0. The number of carbonyl (C=O) groups excluding carboxylic acids is 1. The number of alkyl halides is 3. The van der Waals surface area contributed by atoms with Gasteiger partial charge in [-0.3, -0.25) is 9.69 Å². The molecule has 29 heavy (non-hydrogen) atoms. The molecule has 1 atom stereocenters. The van der Waals surface area contributed by atoms with Crippen molar-refractivity contribution in [3.8, 4) is 0 Å². The molecule has 0 spiro atoms. The van der Waals surface area contributed by atoms with Gasteiger partial charge in [0.05, 0.1) is 11.7 Å². The molecule has 2 aliphatic heterocycles. The Morgan fingerprint density at radius 3 is 2.62 bits per heavy atom. The Morgan fingerprint density at radius 2 is 1.86 bits per heavy atom. The Morgan fingerprint density at radius 1 is 1.07 bits per heavy atom. The molecule has 2 aromatic heterocycles. The number of nitrogens with zero attached hydrogens (tertiary/aromatic N) is 6. The average molecular weight is 408 g/mol. The van der Waals surface area contributed by atoms with Crippen LogP contribution in [0.3, 0.4) is 0 Å². The van der Waals surface area contributed by atoms with E-state index in [0.717, 1.165) is 54.2 Å². The molecule has 1 aliphatic carbocycles. The molecule has 1 unspecified atom stereocenters. The van der Waals surface area contributed by atoms with Crippen molar-refractivity contribution in [1.82, 2.24) is 29.6 Å². The highest BCUT2D eigenvalue weighted by Crippen LogP contribution is 2.31. The van der Waals surface area contributed by atoms with Crippen LogP contribution in [0, 0.1) is 0 Å². The van der Waals surface area contributed by atoms with Crippen molar-refractivity contribution >= 4 is 11.6 Å². The number of halogens is 3. The number of rotatable bonds is 3. The molecule has 4 heterocycles. The van der Waals surface area contributed by atoms with Gasteiger partial charge in [-0.1, -0.05) is 0 Å². The van der Waals surface area contributed by atoms with Crippen molar-refractivity contribution in [2.45, 2.75) is 56.7 Å². The minimum atomic E-state index is -4.35. The van der Waals surface area contributed by atoms with Gasteiger partial charge in [0, 0.05) is 12.5 Å². The van der Waals surface area contributed by atoms with Gasteiger partial charge < -0.3 is 4.90 Å². The number of piperidine rings is 1. The van der Waals surface area contributed by atoms with Gasteiger partial charge in [-0.25, -0.2) is 0 Å². The number of hydrogen-bond donors (Lipinski definition) is 0. The molecule has 7 nitrogen and oxygen atoms in total. The van der Waals surface area contributed by atoms with Gasteiger partial charge in [0.25, 0.3) is 0 Å². The van der Waals surface area contributed by atoms with Gasteiger partial charge in [0.15, 0.2) is 11.5 Å². The zero-order valence-electron chi connectivity index (χ0n) is 16.0. The highest BCUT2D eigenvalue weighted by atomic mass is 19.4. The SMILES string of the molecule is O=C1C(N2CCC(c3nnc4cc5c(nn34)CCC5)CC2)CCN1CC(F)(F)F. The molecule has 5 rings (SSSR count). The van der Waals surface area contributed by atoms with Crippen molar-refractivity contribution < 1.29 is 18.0 Å². The van der Waals surface area contributed by atoms with Crippen LogP contribution in [-0.2, 0) is 17.6 Å². The van der Waals surface area contributed by atoms with E-state index in [4.69, 9.17) is 5.10 Å². The predicted molar refractivity (Wildman–Crippen MR) is 97.4 cm³/mol. The molecule has 10 heteroatoms. The first-order valence-corrected chi connectivity index (χ1v) is 10.2. The lowest BCUT2D eigenvalue weighted by atomic mass is 9.94. The molecule has 2 aromatic rings. The first-order chi connectivity index (χ1) is 13.9. The molecule has 0 saturated carbocycles. The van der Waals surface area contributed by atoms with Crippen molar-refractivity contribution in [3.05, 3.63) is 23.1 Å². The van der Waals surface area contributed by atoms with E-state index in [1.807, 2.05) is 9.42 Å². The maximum Gasteiger partial charge on any atom is 0.406 e. The highest BCUT2D eigenvalue weighted by molar-refractivity contribution is 5.84. The van der Waals surface area contributed by atoms with Crippen LogP contribution in [0.4, 0.5) is 13.2 Å². The molecule has 2 saturated heterocycles. The van der Waals surface area contributed by atoms with Crippen LogP contribution in [-0.4, -0.2) is 73.9 Å². The summed E-state index contributed by atoms with van der Waals surface area (Å²) < 4.78 is 39.8.